The highest BCUT2D eigenvalue weighted by atomic mass is 79.9. The lowest BCUT2D eigenvalue weighted by molar-refractivity contribution is -0.161. The Labute approximate surface area is 160 Å². The molecule has 1 N–H and O–H groups in total. The molecule has 1 aliphatic rings. The molecule has 2 atom stereocenters. The van der Waals surface area contributed by atoms with Gasteiger partial charge in [0.25, 0.3) is 5.72 Å². The van der Waals surface area contributed by atoms with E-state index >= 15 is 0 Å². The zero-order chi connectivity index (χ0) is 19.1. The Kier molecular flexibility index (Phi) is 4.77. The number of amides is 2. The van der Waals surface area contributed by atoms with Crippen LogP contribution in [0.4, 0.5) is 16.2 Å². The summed E-state index contributed by atoms with van der Waals surface area (Å²) in [5, 5.41) is 11.2. The van der Waals surface area contributed by atoms with Crippen LogP contribution in [0.15, 0.2) is 53.0 Å². The predicted molar refractivity (Wildman–Crippen MR) is 102 cm³/mol. The van der Waals surface area contributed by atoms with Crippen molar-refractivity contribution in [1.82, 2.24) is 0 Å². The number of carbonyl (C=O) groups is 2. The molecule has 136 valence electrons. The molecule has 0 saturated carbocycles. The fourth-order valence-electron chi connectivity index (χ4n) is 3.13. The molecule has 1 heterocycles. The standard InChI is InChI=1S/C19H19BrN2O4/c1-12-4-8-15(9-5-12)21-13(2)19(25,17(23)26-3)22(18(21)24)16-10-6-14(20)7-11-16/h4-11,13,25H,1-3H3/t13-,19?/m1/s1. The van der Waals surface area contributed by atoms with Crippen molar-refractivity contribution in [2.75, 3.05) is 16.9 Å². The minimum Gasteiger partial charge on any atom is -0.465 e. The van der Waals surface area contributed by atoms with E-state index in [9.17, 15) is 14.7 Å². The Morgan fingerprint density at radius 2 is 1.65 bits per heavy atom. The number of benzene rings is 2. The van der Waals surface area contributed by atoms with Crippen LogP contribution in [0.2, 0.25) is 0 Å². The van der Waals surface area contributed by atoms with Crippen LogP contribution in [0, 0.1) is 6.92 Å². The van der Waals surface area contributed by atoms with Gasteiger partial charge in [0, 0.05) is 15.8 Å². The number of ether oxygens (including phenoxy) is 1. The quantitative estimate of drug-likeness (QED) is 0.774. The molecule has 6 nitrogen and oxygen atoms in total. The number of hydrogen-bond donors (Lipinski definition) is 1. The van der Waals surface area contributed by atoms with Gasteiger partial charge in [0.05, 0.1) is 13.2 Å². The molecule has 0 radical (unpaired) electrons. The highest BCUT2D eigenvalue weighted by molar-refractivity contribution is 9.10. The summed E-state index contributed by atoms with van der Waals surface area (Å²) in [6.07, 6.45) is 0. The zero-order valence-electron chi connectivity index (χ0n) is 14.6. The van der Waals surface area contributed by atoms with Gasteiger partial charge in [-0.1, -0.05) is 33.6 Å². The van der Waals surface area contributed by atoms with E-state index in [1.54, 1.807) is 43.3 Å². The molecule has 1 fully saturated rings. The maximum absolute atomic E-state index is 13.2. The van der Waals surface area contributed by atoms with Gasteiger partial charge in [0.15, 0.2) is 0 Å². The number of halogens is 1. The average molecular weight is 419 g/mol. The fraction of sp³-hybridized carbons (Fsp3) is 0.263. The third kappa shape index (κ3) is 2.77. The maximum Gasteiger partial charge on any atom is 0.362 e. The molecule has 2 aromatic rings. The Morgan fingerprint density at radius 3 is 2.19 bits per heavy atom. The maximum atomic E-state index is 13.2. The summed E-state index contributed by atoms with van der Waals surface area (Å²) in [5.41, 5.74) is -0.117. The third-order valence-electron chi connectivity index (χ3n) is 4.59. The van der Waals surface area contributed by atoms with E-state index in [-0.39, 0.29) is 0 Å². The van der Waals surface area contributed by atoms with Crippen molar-refractivity contribution < 1.29 is 19.4 Å². The lowest BCUT2D eigenvalue weighted by atomic mass is 10.0. The monoisotopic (exact) mass is 418 g/mol. The van der Waals surface area contributed by atoms with Crippen molar-refractivity contribution in [1.29, 1.82) is 0 Å². The Hall–Kier alpha value is -2.38. The molecule has 0 bridgehead atoms. The van der Waals surface area contributed by atoms with Crippen molar-refractivity contribution in [2.24, 2.45) is 0 Å². The van der Waals surface area contributed by atoms with E-state index in [1.807, 2.05) is 19.1 Å². The summed E-state index contributed by atoms with van der Waals surface area (Å²) >= 11 is 3.34. The summed E-state index contributed by atoms with van der Waals surface area (Å²) in [7, 11) is 1.19. The second kappa shape index (κ2) is 6.74. The van der Waals surface area contributed by atoms with Gasteiger partial charge in [0.1, 0.15) is 0 Å². The minimum absolute atomic E-state index is 0.396. The number of rotatable bonds is 3. The van der Waals surface area contributed by atoms with Gasteiger partial charge >= 0.3 is 12.0 Å². The van der Waals surface area contributed by atoms with Crippen LogP contribution in [0.25, 0.3) is 0 Å². The van der Waals surface area contributed by atoms with Crippen LogP contribution in [0.5, 0.6) is 0 Å². The van der Waals surface area contributed by atoms with Crippen molar-refractivity contribution in [3.05, 3.63) is 58.6 Å². The highest BCUT2D eigenvalue weighted by Crippen LogP contribution is 2.39. The number of carbonyl (C=O) groups excluding carboxylic acids is 2. The predicted octanol–water partition coefficient (Wildman–Crippen LogP) is 3.45. The van der Waals surface area contributed by atoms with Gasteiger partial charge in [-0.25, -0.2) is 9.59 Å². The molecule has 1 aliphatic heterocycles. The topological polar surface area (TPSA) is 70.1 Å². The van der Waals surface area contributed by atoms with E-state index in [2.05, 4.69) is 15.9 Å². The number of aryl methyl sites for hydroxylation is 1. The number of aliphatic hydroxyl groups is 1. The van der Waals surface area contributed by atoms with E-state index in [0.29, 0.717) is 11.4 Å². The summed E-state index contributed by atoms with van der Waals surface area (Å²) in [4.78, 5) is 28.1. The summed E-state index contributed by atoms with van der Waals surface area (Å²) in [6.45, 7) is 3.56. The molecule has 0 spiro atoms. The summed E-state index contributed by atoms with van der Waals surface area (Å²) in [6, 6.07) is 12.7. The van der Waals surface area contributed by atoms with Crippen molar-refractivity contribution >= 4 is 39.3 Å². The number of hydrogen-bond acceptors (Lipinski definition) is 4. The van der Waals surface area contributed by atoms with E-state index in [1.165, 1.54) is 12.0 Å². The lowest BCUT2D eigenvalue weighted by Gasteiger charge is -2.32. The number of anilines is 2. The van der Waals surface area contributed by atoms with Gasteiger partial charge in [-0.3, -0.25) is 9.80 Å². The fourth-order valence-corrected chi connectivity index (χ4v) is 3.40. The van der Waals surface area contributed by atoms with Crippen LogP contribution < -0.4 is 9.80 Å². The van der Waals surface area contributed by atoms with Gasteiger partial charge in [0.2, 0.25) is 0 Å². The molecule has 26 heavy (non-hydrogen) atoms. The Bertz CT molecular complexity index is 838. The molecular weight excluding hydrogens is 400 g/mol. The second-order valence-corrected chi connectivity index (χ2v) is 7.11. The number of nitrogens with zero attached hydrogens (tertiary/aromatic N) is 2. The number of methoxy groups -OCH3 is 1. The first-order chi connectivity index (χ1) is 12.3. The number of esters is 1. The van der Waals surface area contributed by atoms with Crippen molar-refractivity contribution in [3.63, 3.8) is 0 Å². The normalized spacial score (nSPS) is 22.7. The van der Waals surface area contributed by atoms with Gasteiger partial charge in [-0.2, -0.15) is 0 Å². The van der Waals surface area contributed by atoms with E-state index in [4.69, 9.17) is 4.74 Å². The minimum atomic E-state index is -2.15. The molecule has 7 heteroatoms. The van der Waals surface area contributed by atoms with Crippen LogP contribution in [0.1, 0.15) is 12.5 Å². The first-order valence-electron chi connectivity index (χ1n) is 8.07. The molecule has 1 unspecified atom stereocenters. The van der Waals surface area contributed by atoms with Crippen LogP contribution in [-0.4, -0.2) is 36.0 Å². The number of urea groups is 1. The van der Waals surface area contributed by atoms with Crippen LogP contribution in [0.3, 0.4) is 0 Å². The molecule has 2 aromatic carbocycles. The van der Waals surface area contributed by atoms with Gasteiger partial charge in [-0.15, -0.1) is 0 Å². The van der Waals surface area contributed by atoms with E-state index < -0.39 is 23.8 Å². The molecule has 1 saturated heterocycles. The summed E-state index contributed by atoms with van der Waals surface area (Å²) in [5.74, 6) is -0.893. The molecular formula is C19H19BrN2O4. The van der Waals surface area contributed by atoms with Crippen LogP contribution in [-0.2, 0) is 9.53 Å². The van der Waals surface area contributed by atoms with Gasteiger partial charge < -0.3 is 9.84 Å². The largest absolute Gasteiger partial charge is 0.465 e. The molecule has 3 rings (SSSR count). The highest BCUT2D eigenvalue weighted by Gasteiger charge is 2.61. The smallest absolute Gasteiger partial charge is 0.362 e. The van der Waals surface area contributed by atoms with E-state index in [0.717, 1.165) is 14.9 Å². The Balaban J connectivity index is 2.14. The zero-order valence-corrected chi connectivity index (χ0v) is 16.2. The molecule has 0 aromatic heterocycles. The summed E-state index contributed by atoms with van der Waals surface area (Å²) < 4.78 is 5.63. The first kappa shape index (κ1) is 18.4. The first-order valence-corrected chi connectivity index (χ1v) is 8.86. The van der Waals surface area contributed by atoms with Crippen molar-refractivity contribution in [2.45, 2.75) is 25.6 Å². The average Bonchev–Trinajstić information content (AvgIpc) is 2.83. The third-order valence-corrected chi connectivity index (χ3v) is 5.12. The van der Waals surface area contributed by atoms with Crippen LogP contribution >= 0.6 is 15.9 Å². The Morgan fingerprint density at radius 1 is 1.12 bits per heavy atom. The SMILES string of the molecule is COC(=O)C1(O)[C@@H](C)N(c2ccc(C)cc2)C(=O)N1c1ccc(Br)cc1. The van der Waals surface area contributed by atoms with Gasteiger partial charge in [-0.05, 0) is 50.2 Å². The molecule has 2 amide bonds. The molecule has 0 aliphatic carbocycles. The second-order valence-electron chi connectivity index (χ2n) is 6.19. The lowest BCUT2D eigenvalue weighted by Crippen LogP contribution is -2.58. The van der Waals surface area contributed by atoms with Crippen molar-refractivity contribution in [3.8, 4) is 0 Å².